The lowest BCUT2D eigenvalue weighted by atomic mass is 9.87. The van der Waals surface area contributed by atoms with Crippen molar-refractivity contribution < 1.29 is 9.59 Å². The molecule has 25 heavy (non-hydrogen) atoms. The van der Waals surface area contributed by atoms with E-state index >= 15 is 0 Å². The molecule has 0 saturated carbocycles. The number of anilines is 1. The predicted molar refractivity (Wildman–Crippen MR) is 98.4 cm³/mol. The number of carbonyl (C=O) groups excluding carboxylic acids is 2. The number of aromatic amines is 1. The monoisotopic (exact) mass is 335 g/mol. The minimum absolute atomic E-state index is 0.0391. The molecular formula is C20H21N3O2. The Labute approximate surface area is 146 Å². The van der Waals surface area contributed by atoms with Gasteiger partial charge in [0.1, 0.15) is 6.29 Å². The van der Waals surface area contributed by atoms with Gasteiger partial charge in [-0.25, -0.2) is 0 Å². The first-order chi connectivity index (χ1) is 12.3. The van der Waals surface area contributed by atoms with Crippen molar-refractivity contribution in [1.29, 1.82) is 0 Å². The topological polar surface area (TPSA) is 74.0 Å². The van der Waals surface area contributed by atoms with Gasteiger partial charge in [-0.3, -0.25) is 4.79 Å². The van der Waals surface area contributed by atoms with E-state index in [2.05, 4.69) is 33.8 Å². The van der Waals surface area contributed by atoms with Crippen LogP contribution < -0.4 is 10.6 Å². The molecule has 1 aromatic heterocycles. The number of hydrogen-bond acceptors (Lipinski definition) is 4. The number of dihydropyridines is 1. The van der Waals surface area contributed by atoms with Gasteiger partial charge in [0.05, 0.1) is 16.9 Å². The van der Waals surface area contributed by atoms with E-state index in [1.165, 1.54) is 0 Å². The molecule has 1 aliphatic heterocycles. The van der Waals surface area contributed by atoms with E-state index in [4.69, 9.17) is 0 Å². The molecule has 3 aliphatic rings. The first-order valence-corrected chi connectivity index (χ1v) is 8.70. The zero-order valence-corrected chi connectivity index (χ0v) is 13.9. The van der Waals surface area contributed by atoms with E-state index in [1.54, 1.807) is 0 Å². The van der Waals surface area contributed by atoms with Crippen molar-refractivity contribution in [3.8, 4) is 0 Å². The molecule has 5 nitrogen and oxygen atoms in total. The van der Waals surface area contributed by atoms with Gasteiger partial charge in [-0.1, -0.05) is 30.4 Å². The zero-order chi connectivity index (χ0) is 17.2. The van der Waals surface area contributed by atoms with Crippen molar-refractivity contribution in [3.05, 3.63) is 59.6 Å². The van der Waals surface area contributed by atoms with Crippen LogP contribution in [0.4, 0.5) is 5.69 Å². The Balaban J connectivity index is 1.77. The summed E-state index contributed by atoms with van der Waals surface area (Å²) < 4.78 is 0. The van der Waals surface area contributed by atoms with Crippen LogP contribution in [0.1, 0.15) is 34.6 Å². The number of nitrogens with one attached hydrogen (secondary N) is 3. The van der Waals surface area contributed by atoms with Gasteiger partial charge in [0.25, 0.3) is 0 Å². The van der Waals surface area contributed by atoms with Crippen LogP contribution in [0.3, 0.4) is 0 Å². The number of carbonyl (C=O) groups is 2. The third-order valence-corrected chi connectivity index (χ3v) is 4.88. The molecule has 1 aromatic rings. The standard InChI is InChI=1S/C20H21N3O2/c24-12-13-10-16-18(17(25)11-13)20(22-15-4-2-1-3-5-15)19(23-16)14-6-8-21-9-7-14/h1-4,6-8,12-13,15,21-23H,5,9-11H2. The maximum atomic E-state index is 12.7. The number of fused-ring (bicyclic) bond motifs is 1. The van der Waals surface area contributed by atoms with Gasteiger partial charge < -0.3 is 20.4 Å². The number of aldehydes is 1. The molecule has 0 bridgehead atoms. The van der Waals surface area contributed by atoms with E-state index < -0.39 is 0 Å². The average Bonchev–Trinajstić information content (AvgIpc) is 3.02. The fraction of sp³-hybridized carbons (Fsp3) is 0.300. The average molecular weight is 335 g/mol. The van der Waals surface area contributed by atoms with Gasteiger partial charge in [0, 0.05) is 30.6 Å². The van der Waals surface area contributed by atoms with E-state index in [0.717, 1.165) is 47.5 Å². The Kier molecular flexibility index (Phi) is 4.14. The van der Waals surface area contributed by atoms with Crippen LogP contribution in [0.5, 0.6) is 0 Å². The van der Waals surface area contributed by atoms with Gasteiger partial charge in [0.2, 0.25) is 0 Å². The molecule has 4 rings (SSSR count). The van der Waals surface area contributed by atoms with E-state index in [-0.39, 0.29) is 17.7 Å². The summed E-state index contributed by atoms with van der Waals surface area (Å²) in [6.45, 7) is 0.756. The molecule has 2 heterocycles. The lowest BCUT2D eigenvalue weighted by molar-refractivity contribution is -0.111. The highest BCUT2D eigenvalue weighted by Gasteiger charge is 2.32. The Morgan fingerprint density at radius 3 is 2.88 bits per heavy atom. The van der Waals surface area contributed by atoms with Gasteiger partial charge in [-0.05, 0) is 30.7 Å². The first kappa shape index (κ1) is 15.7. The molecule has 0 fully saturated rings. The summed E-state index contributed by atoms with van der Waals surface area (Å²) in [5.74, 6) is -0.188. The summed E-state index contributed by atoms with van der Waals surface area (Å²) in [6.07, 6.45) is 17.0. The predicted octanol–water partition coefficient (Wildman–Crippen LogP) is 2.76. The Hall–Kier alpha value is -2.82. The second kappa shape index (κ2) is 6.59. The minimum Gasteiger partial charge on any atom is -0.387 e. The molecule has 2 unspecified atom stereocenters. The van der Waals surface area contributed by atoms with Crippen molar-refractivity contribution in [1.82, 2.24) is 10.3 Å². The highest BCUT2D eigenvalue weighted by atomic mass is 16.1. The van der Waals surface area contributed by atoms with Crippen molar-refractivity contribution >= 4 is 23.3 Å². The van der Waals surface area contributed by atoms with Gasteiger partial charge in [-0.2, -0.15) is 0 Å². The number of hydrogen-bond donors (Lipinski definition) is 3. The Morgan fingerprint density at radius 1 is 1.24 bits per heavy atom. The van der Waals surface area contributed by atoms with Crippen LogP contribution in [0.25, 0.3) is 5.57 Å². The molecule has 3 N–H and O–H groups in total. The smallest absolute Gasteiger partial charge is 0.167 e. The van der Waals surface area contributed by atoms with Crippen LogP contribution in [0.2, 0.25) is 0 Å². The van der Waals surface area contributed by atoms with E-state index in [0.29, 0.717) is 12.8 Å². The second-order valence-electron chi connectivity index (χ2n) is 6.66. The van der Waals surface area contributed by atoms with Gasteiger partial charge >= 0.3 is 0 Å². The number of rotatable bonds is 4. The zero-order valence-electron chi connectivity index (χ0n) is 13.9. The number of Topliss-reactive ketones (excluding diaryl/α,β-unsaturated/α-hetero) is 1. The minimum atomic E-state index is -0.227. The van der Waals surface area contributed by atoms with E-state index in [9.17, 15) is 9.59 Å². The molecule has 0 saturated heterocycles. The normalized spacial score (nSPS) is 24.5. The van der Waals surface area contributed by atoms with Gasteiger partial charge in [-0.15, -0.1) is 0 Å². The largest absolute Gasteiger partial charge is 0.387 e. The van der Waals surface area contributed by atoms with Crippen molar-refractivity contribution in [2.45, 2.75) is 25.3 Å². The molecule has 5 heteroatoms. The molecule has 2 aliphatic carbocycles. The number of ketones is 1. The van der Waals surface area contributed by atoms with Crippen molar-refractivity contribution in [2.24, 2.45) is 5.92 Å². The second-order valence-corrected chi connectivity index (χ2v) is 6.66. The van der Waals surface area contributed by atoms with Crippen LogP contribution in [-0.4, -0.2) is 29.6 Å². The Morgan fingerprint density at radius 2 is 2.16 bits per heavy atom. The maximum absolute atomic E-state index is 12.7. The number of allylic oxidation sites excluding steroid dienone is 4. The van der Waals surface area contributed by atoms with Crippen LogP contribution in [-0.2, 0) is 11.2 Å². The van der Waals surface area contributed by atoms with Crippen LogP contribution in [0.15, 0.2) is 42.7 Å². The molecular weight excluding hydrogens is 314 g/mol. The third kappa shape index (κ3) is 2.97. The summed E-state index contributed by atoms with van der Waals surface area (Å²) in [4.78, 5) is 27.3. The summed E-state index contributed by atoms with van der Waals surface area (Å²) >= 11 is 0. The molecule has 0 radical (unpaired) electrons. The van der Waals surface area contributed by atoms with Crippen molar-refractivity contribution in [2.75, 3.05) is 11.9 Å². The molecule has 0 amide bonds. The molecule has 0 spiro atoms. The molecule has 0 aromatic carbocycles. The number of H-pyrrole nitrogens is 1. The highest BCUT2D eigenvalue weighted by molar-refractivity contribution is 6.07. The third-order valence-electron chi connectivity index (χ3n) is 4.88. The van der Waals surface area contributed by atoms with E-state index in [1.807, 2.05) is 24.4 Å². The summed E-state index contributed by atoms with van der Waals surface area (Å²) in [5.41, 5.74) is 4.46. The maximum Gasteiger partial charge on any atom is 0.167 e. The fourth-order valence-electron chi connectivity index (χ4n) is 3.66. The highest BCUT2D eigenvalue weighted by Crippen LogP contribution is 2.37. The van der Waals surface area contributed by atoms with Gasteiger partial charge in [0.15, 0.2) is 5.78 Å². The van der Waals surface area contributed by atoms with Crippen LogP contribution in [0, 0.1) is 5.92 Å². The summed E-state index contributed by atoms with van der Waals surface area (Å²) in [7, 11) is 0. The number of aromatic nitrogens is 1. The molecule has 128 valence electrons. The van der Waals surface area contributed by atoms with Crippen molar-refractivity contribution in [3.63, 3.8) is 0 Å². The quantitative estimate of drug-likeness (QED) is 0.740. The summed E-state index contributed by atoms with van der Waals surface area (Å²) in [6, 6.07) is 0.159. The fourth-order valence-corrected chi connectivity index (χ4v) is 3.66. The Bertz CT molecular complexity index is 826. The lowest BCUT2D eigenvalue weighted by Crippen LogP contribution is -2.23. The van der Waals surface area contributed by atoms with Crippen LogP contribution >= 0.6 is 0 Å². The molecule has 2 atom stereocenters. The first-order valence-electron chi connectivity index (χ1n) is 8.70. The SMILES string of the molecule is O=CC1CC(=O)c2c([nH]c(C3=CCNC=C3)c2NC2C=CC=CC2)C1. The lowest BCUT2D eigenvalue weighted by Gasteiger charge is -2.21. The summed E-state index contributed by atoms with van der Waals surface area (Å²) in [5, 5.41) is 6.69.